The second-order valence-corrected chi connectivity index (χ2v) is 5.93. The van der Waals surface area contributed by atoms with E-state index < -0.39 is 0 Å². The monoisotopic (exact) mass is 334 g/mol. The SMILES string of the molecule is COc1cc(Cl)ccc1NC(=O)c1cnn(C2CCNCC2)c1. The van der Waals surface area contributed by atoms with Crippen molar-refractivity contribution in [1.29, 1.82) is 0 Å². The van der Waals surface area contributed by atoms with Crippen LogP contribution in [-0.4, -0.2) is 35.9 Å². The number of methoxy groups -OCH3 is 1. The van der Waals surface area contributed by atoms with Crippen molar-refractivity contribution in [1.82, 2.24) is 15.1 Å². The number of hydrogen-bond donors (Lipinski definition) is 2. The van der Waals surface area contributed by atoms with Gasteiger partial charge >= 0.3 is 0 Å². The molecule has 6 nitrogen and oxygen atoms in total. The minimum atomic E-state index is -0.217. The first-order valence-corrected chi connectivity index (χ1v) is 7.95. The number of nitrogens with one attached hydrogen (secondary N) is 2. The molecule has 2 aromatic rings. The van der Waals surface area contributed by atoms with Gasteiger partial charge in [0.05, 0.1) is 30.6 Å². The third-order valence-electron chi connectivity index (χ3n) is 3.96. The molecule has 0 bridgehead atoms. The van der Waals surface area contributed by atoms with Crippen LogP contribution >= 0.6 is 11.6 Å². The van der Waals surface area contributed by atoms with Gasteiger partial charge in [-0.05, 0) is 38.1 Å². The van der Waals surface area contributed by atoms with E-state index in [2.05, 4.69) is 15.7 Å². The van der Waals surface area contributed by atoms with Crippen molar-refractivity contribution >= 4 is 23.2 Å². The molecule has 1 saturated heterocycles. The minimum absolute atomic E-state index is 0.217. The summed E-state index contributed by atoms with van der Waals surface area (Å²) in [6.07, 6.45) is 5.44. The highest BCUT2D eigenvalue weighted by Gasteiger charge is 2.18. The topological polar surface area (TPSA) is 68.2 Å². The van der Waals surface area contributed by atoms with E-state index in [0.29, 0.717) is 28.1 Å². The van der Waals surface area contributed by atoms with Crippen LogP contribution in [0.1, 0.15) is 29.2 Å². The zero-order valence-electron chi connectivity index (χ0n) is 12.9. The molecule has 1 amide bonds. The van der Waals surface area contributed by atoms with Crippen LogP contribution in [-0.2, 0) is 0 Å². The molecule has 0 atom stereocenters. The van der Waals surface area contributed by atoms with Gasteiger partial charge in [-0.2, -0.15) is 5.10 Å². The predicted octanol–water partition coefficient (Wildman–Crippen LogP) is 2.72. The fraction of sp³-hybridized carbons (Fsp3) is 0.375. The van der Waals surface area contributed by atoms with Crippen molar-refractivity contribution < 1.29 is 9.53 Å². The Morgan fingerprint density at radius 1 is 1.43 bits per heavy atom. The van der Waals surface area contributed by atoms with Crippen LogP contribution in [0.25, 0.3) is 0 Å². The number of carbonyl (C=O) groups is 1. The van der Waals surface area contributed by atoms with Gasteiger partial charge in [0.2, 0.25) is 0 Å². The summed E-state index contributed by atoms with van der Waals surface area (Å²) in [6.45, 7) is 1.96. The molecule has 2 heterocycles. The van der Waals surface area contributed by atoms with E-state index in [4.69, 9.17) is 16.3 Å². The Morgan fingerprint density at radius 2 is 2.22 bits per heavy atom. The number of rotatable bonds is 4. The minimum Gasteiger partial charge on any atom is -0.495 e. The van der Waals surface area contributed by atoms with Gasteiger partial charge < -0.3 is 15.4 Å². The Morgan fingerprint density at radius 3 is 2.96 bits per heavy atom. The molecule has 0 saturated carbocycles. The molecule has 0 unspecified atom stereocenters. The van der Waals surface area contributed by atoms with E-state index in [1.165, 1.54) is 7.11 Å². The summed E-state index contributed by atoms with van der Waals surface area (Å²) in [4.78, 5) is 12.4. The molecular formula is C16H19ClN4O2. The zero-order chi connectivity index (χ0) is 16.2. The molecule has 3 rings (SSSR count). The van der Waals surface area contributed by atoms with Gasteiger partial charge in [-0.3, -0.25) is 9.48 Å². The Kier molecular flexibility index (Phi) is 4.83. The molecule has 0 spiro atoms. The van der Waals surface area contributed by atoms with Crippen LogP contribution < -0.4 is 15.4 Å². The average Bonchev–Trinajstić information content (AvgIpc) is 3.07. The Balaban J connectivity index is 1.72. The second-order valence-electron chi connectivity index (χ2n) is 5.49. The molecule has 122 valence electrons. The van der Waals surface area contributed by atoms with Crippen molar-refractivity contribution in [3.63, 3.8) is 0 Å². The number of halogens is 1. The standard InChI is InChI=1S/C16H19ClN4O2/c1-23-15-8-12(17)2-3-14(15)20-16(22)11-9-19-21(10-11)13-4-6-18-7-5-13/h2-3,8-10,13,18H,4-7H2,1H3,(H,20,22). The number of piperidine rings is 1. The molecule has 1 fully saturated rings. The van der Waals surface area contributed by atoms with Crippen molar-refractivity contribution in [2.45, 2.75) is 18.9 Å². The van der Waals surface area contributed by atoms with Gasteiger partial charge in [0.1, 0.15) is 5.75 Å². The summed E-state index contributed by atoms with van der Waals surface area (Å²) >= 11 is 5.93. The number of hydrogen-bond acceptors (Lipinski definition) is 4. The van der Waals surface area contributed by atoms with Crippen LogP contribution in [0.4, 0.5) is 5.69 Å². The van der Waals surface area contributed by atoms with Crippen molar-refractivity contribution in [2.75, 3.05) is 25.5 Å². The van der Waals surface area contributed by atoms with Crippen molar-refractivity contribution in [3.05, 3.63) is 41.2 Å². The summed E-state index contributed by atoms with van der Waals surface area (Å²) in [6, 6.07) is 5.44. The van der Waals surface area contributed by atoms with E-state index in [1.807, 2.05) is 4.68 Å². The third-order valence-corrected chi connectivity index (χ3v) is 4.19. The lowest BCUT2D eigenvalue weighted by atomic mass is 10.1. The summed E-state index contributed by atoms with van der Waals surface area (Å²) < 4.78 is 7.12. The van der Waals surface area contributed by atoms with Crippen LogP contribution in [0.3, 0.4) is 0 Å². The van der Waals surface area contributed by atoms with Gasteiger partial charge in [0, 0.05) is 17.3 Å². The number of ether oxygens (including phenoxy) is 1. The normalized spacial score (nSPS) is 15.4. The van der Waals surface area contributed by atoms with Gasteiger partial charge in [-0.15, -0.1) is 0 Å². The Labute approximate surface area is 139 Å². The smallest absolute Gasteiger partial charge is 0.258 e. The number of aromatic nitrogens is 2. The first kappa shape index (κ1) is 15.8. The summed E-state index contributed by atoms with van der Waals surface area (Å²) in [5.41, 5.74) is 1.11. The molecule has 2 N–H and O–H groups in total. The van der Waals surface area contributed by atoms with E-state index in [1.54, 1.807) is 30.6 Å². The van der Waals surface area contributed by atoms with Crippen LogP contribution in [0.2, 0.25) is 5.02 Å². The summed E-state index contributed by atoms with van der Waals surface area (Å²) in [5, 5.41) is 11.0. The summed E-state index contributed by atoms with van der Waals surface area (Å²) in [5.74, 6) is 0.308. The maximum atomic E-state index is 12.4. The lowest BCUT2D eigenvalue weighted by molar-refractivity contribution is 0.102. The van der Waals surface area contributed by atoms with Gasteiger partial charge in [-0.1, -0.05) is 11.6 Å². The highest BCUT2D eigenvalue weighted by Crippen LogP contribution is 2.28. The van der Waals surface area contributed by atoms with Gasteiger partial charge in [-0.25, -0.2) is 0 Å². The molecule has 1 aromatic heterocycles. The van der Waals surface area contributed by atoms with E-state index >= 15 is 0 Å². The number of nitrogens with zero attached hydrogens (tertiary/aromatic N) is 2. The quantitative estimate of drug-likeness (QED) is 0.902. The number of amides is 1. The van der Waals surface area contributed by atoms with Crippen molar-refractivity contribution in [3.8, 4) is 5.75 Å². The molecule has 0 aliphatic carbocycles. The van der Waals surface area contributed by atoms with Gasteiger partial charge in [0.25, 0.3) is 5.91 Å². The highest BCUT2D eigenvalue weighted by molar-refractivity contribution is 6.30. The second kappa shape index (κ2) is 7.02. The van der Waals surface area contributed by atoms with Crippen LogP contribution in [0.15, 0.2) is 30.6 Å². The van der Waals surface area contributed by atoms with E-state index in [0.717, 1.165) is 25.9 Å². The fourth-order valence-corrected chi connectivity index (χ4v) is 2.85. The molecule has 1 aliphatic heterocycles. The maximum absolute atomic E-state index is 12.4. The first-order valence-electron chi connectivity index (χ1n) is 7.57. The molecule has 23 heavy (non-hydrogen) atoms. The fourth-order valence-electron chi connectivity index (χ4n) is 2.69. The number of benzene rings is 1. The lowest BCUT2D eigenvalue weighted by Gasteiger charge is -2.22. The highest BCUT2D eigenvalue weighted by atomic mass is 35.5. The molecule has 7 heteroatoms. The van der Waals surface area contributed by atoms with Crippen molar-refractivity contribution in [2.24, 2.45) is 0 Å². The van der Waals surface area contributed by atoms with Crippen LogP contribution in [0.5, 0.6) is 5.75 Å². The predicted molar refractivity (Wildman–Crippen MR) is 89.3 cm³/mol. The number of anilines is 1. The largest absolute Gasteiger partial charge is 0.495 e. The third kappa shape index (κ3) is 3.65. The Bertz CT molecular complexity index is 695. The summed E-state index contributed by atoms with van der Waals surface area (Å²) in [7, 11) is 1.54. The molecular weight excluding hydrogens is 316 g/mol. The number of carbonyl (C=O) groups excluding carboxylic acids is 1. The van der Waals surface area contributed by atoms with E-state index in [-0.39, 0.29) is 5.91 Å². The van der Waals surface area contributed by atoms with E-state index in [9.17, 15) is 4.79 Å². The Hall–Kier alpha value is -2.05. The molecule has 1 aliphatic rings. The lowest BCUT2D eigenvalue weighted by Crippen LogP contribution is -2.29. The van der Waals surface area contributed by atoms with Crippen LogP contribution in [0, 0.1) is 0 Å². The maximum Gasteiger partial charge on any atom is 0.258 e. The zero-order valence-corrected chi connectivity index (χ0v) is 13.6. The van der Waals surface area contributed by atoms with Gasteiger partial charge in [0.15, 0.2) is 0 Å². The average molecular weight is 335 g/mol. The first-order chi connectivity index (χ1) is 11.2. The molecule has 1 aromatic carbocycles. The molecule has 0 radical (unpaired) electrons.